The van der Waals surface area contributed by atoms with Crippen molar-refractivity contribution in [1.82, 2.24) is 0 Å². The van der Waals surface area contributed by atoms with Gasteiger partial charge in [-0.05, 0) is 13.1 Å². The van der Waals surface area contributed by atoms with Gasteiger partial charge in [-0.15, -0.1) is 22.8 Å². The van der Waals surface area contributed by atoms with Crippen LogP contribution in [0.2, 0.25) is 0 Å². The molecule has 0 heterocycles. The lowest BCUT2D eigenvalue weighted by Crippen LogP contribution is -2.06. The zero-order valence-corrected chi connectivity index (χ0v) is 13.1. The van der Waals surface area contributed by atoms with E-state index in [0.717, 1.165) is 11.9 Å². The molecule has 0 aromatic carbocycles. The first-order chi connectivity index (χ1) is 6.18. The zero-order valence-electron chi connectivity index (χ0n) is 9.79. The Bertz CT molecular complexity index is 240. The van der Waals surface area contributed by atoms with Gasteiger partial charge in [0.05, 0.1) is 4.44 Å². The molecule has 4 heteroatoms. The standard InChI is InChI=1S/C10H21PS3/c1-7-11(12,13-8-9(2)3)14-10(4,5)6/h2,7-8H2,1,3-6H3. The molecule has 1 atom stereocenters. The Morgan fingerprint density at radius 2 is 1.93 bits per heavy atom. The molecule has 14 heavy (non-hydrogen) atoms. The molecule has 0 fully saturated rings. The average molecular weight is 268 g/mol. The van der Waals surface area contributed by atoms with Crippen LogP contribution in [-0.4, -0.2) is 16.7 Å². The minimum atomic E-state index is -1.27. The summed E-state index contributed by atoms with van der Waals surface area (Å²) in [6.45, 7) is 15.0. The maximum absolute atomic E-state index is 5.77. The molecule has 1 unspecified atom stereocenters. The van der Waals surface area contributed by atoms with E-state index < -0.39 is 4.44 Å². The van der Waals surface area contributed by atoms with Crippen LogP contribution >= 0.6 is 27.2 Å². The van der Waals surface area contributed by atoms with E-state index >= 15 is 0 Å². The van der Waals surface area contributed by atoms with Gasteiger partial charge < -0.3 is 0 Å². The second-order valence-electron chi connectivity index (χ2n) is 4.36. The van der Waals surface area contributed by atoms with Crippen molar-refractivity contribution >= 4 is 39.0 Å². The molecular formula is C10H21PS3. The molecule has 0 nitrogen and oxygen atoms in total. The Hall–Kier alpha value is 1.09. The van der Waals surface area contributed by atoms with Crippen molar-refractivity contribution < 1.29 is 0 Å². The van der Waals surface area contributed by atoms with E-state index in [9.17, 15) is 0 Å². The monoisotopic (exact) mass is 268 g/mol. The number of rotatable bonds is 5. The molecule has 0 aromatic heterocycles. The Kier molecular flexibility index (Phi) is 6.45. The van der Waals surface area contributed by atoms with Crippen LogP contribution in [0, 0.1) is 0 Å². The molecule has 84 valence electrons. The molecule has 0 aliphatic carbocycles. The Labute approximate surface area is 102 Å². The van der Waals surface area contributed by atoms with Crippen LogP contribution in [0.15, 0.2) is 12.2 Å². The fraction of sp³-hybridized carbons (Fsp3) is 0.800. The van der Waals surface area contributed by atoms with Gasteiger partial charge in [-0.25, -0.2) is 0 Å². The van der Waals surface area contributed by atoms with Crippen molar-refractivity contribution in [2.75, 3.05) is 11.9 Å². The van der Waals surface area contributed by atoms with Gasteiger partial charge in [0, 0.05) is 10.5 Å². The fourth-order valence-electron chi connectivity index (χ4n) is 0.808. The summed E-state index contributed by atoms with van der Waals surface area (Å²) >= 11 is 9.71. The lowest BCUT2D eigenvalue weighted by atomic mass is 10.3. The third-order valence-electron chi connectivity index (χ3n) is 1.31. The third-order valence-corrected chi connectivity index (χ3v) is 13.5. The summed E-state index contributed by atoms with van der Waals surface area (Å²) < 4.78 is -0.984. The van der Waals surface area contributed by atoms with Gasteiger partial charge in [0.2, 0.25) is 0 Å². The van der Waals surface area contributed by atoms with Gasteiger partial charge in [0.25, 0.3) is 0 Å². The van der Waals surface area contributed by atoms with E-state index in [1.807, 2.05) is 22.8 Å². The summed E-state index contributed by atoms with van der Waals surface area (Å²) in [6, 6.07) is 0. The molecule has 0 amide bonds. The second-order valence-corrected chi connectivity index (χ2v) is 17.2. The van der Waals surface area contributed by atoms with E-state index in [4.69, 9.17) is 11.8 Å². The van der Waals surface area contributed by atoms with Crippen molar-refractivity contribution in [2.24, 2.45) is 0 Å². The maximum Gasteiger partial charge on any atom is 0.0577 e. The van der Waals surface area contributed by atoms with E-state index in [-0.39, 0.29) is 4.75 Å². The Morgan fingerprint density at radius 3 is 2.21 bits per heavy atom. The molecule has 0 aliphatic rings. The molecule has 0 saturated heterocycles. The highest BCUT2D eigenvalue weighted by atomic mass is 33.2. The van der Waals surface area contributed by atoms with Crippen molar-refractivity contribution in [3.05, 3.63) is 12.2 Å². The molecule has 0 aromatic rings. The summed E-state index contributed by atoms with van der Waals surface area (Å²) in [5.41, 5.74) is 1.23. The predicted molar refractivity (Wildman–Crippen MR) is 79.4 cm³/mol. The number of hydrogen-bond donors (Lipinski definition) is 0. The van der Waals surface area contributed by atoms with E-state index in [0.29, 0.717) is 0 Å². The molecule has 0 rings (SSSR count). The first kappa shape index (κ1) is 15.1. The van der Waals surface area contributed by atoms with Crippen LogP contribution in [0.3, 0.4) is 0 Å². The van der Waals surface area contributed by atoms with Crippen molar-refractivity contribution in [2.45, 2.75) is 39.4 Å². The summed E-state index contributed by atoms with van der Waals surface area (Å²) in [6.07, 6.45) is 1.13. The highest BCUT2D eigenvalue weighted by molar-refractivity contribution is 9.00. The third kappa shape index (κ3) is 7.39. The summed E-state index contributed by atoms with van der Waals surface area (Å²) in [5.74, 6) is 1.02. The van der Waals surface area contributed by atoms with Crippen LogP contribution in [0.25, 0.3) is 0 Å². The molecule has 0 bridgehead atoms. The largest absolute Gasteiger partial charge is 0.110 e. The summed E-state index contributed by atoms with van der Waals surface area (Å²) in [5, 5.41) is 0. The van der Waals surface area contributed by atoms with Crippen LogP contribution in [0.4, 0.5) is 0 Å². The summed E-state index contributed by atoms with van der Waals surface area (Å²) in [7, 11) is 0. The molecule has 0 radical (unpaired) electrons. The van der Waals surface area contributed by atoms with Crippen molar-refractivity contribution in [3.63, 3.8) is 0 Å². The lowest BCUT2D eigenvalue weighted by molar-refractivity contribution is 0.810. The average Bonchev–Trinajstić information content (AvgIpc) is 1.98. The first-order valence-electron chi connectivity index (χ1n) is 4.77. The van der Waals surface area contributed by atoms with E-state index in [1.54, 1.807) is 0 Å². The van der Waals surface area contributed by atoms with Gasteiger partial charge >= 0.3 is 0 Å². The van der Waals surface area contributed by atoms with Crippen LogP contribution in [0.1, 0.15) is 34.6 Å². The topological polar surface area (TPSA) is 0 Å². The van der Waals surface area contributed by atoms with Crippen molar-refractivity contribution in [3.8, 4) is 0 Å². The van der Waals surface area contributed by atoms with Gasteiger partial charge in [0.1, 0.15) is 0 Å². The van der Waals surface area contributed by atoms with Gasteiger partial charge in [0.15, 0.2) is 0 Å². The Morgan fingerprint density at radius 1 is 1.43 bits per heavy atom. The highest BCUT2D eigenvalue weighted by Gasteiger charge is 2.24. The highest BCUT2D eigenvalue weighted by Crippen LogP contribution is 2.72. The van der Waals surface area contributed by atoms with E-state index in [1.165, 1.54) is 5.57 Å². The minimum absolute atomic E-state index is 0.285. The van der Waals surface area contributed by atoms with Crippen LogP contribution < -0.4 is 0 Å². The maximum atomic E-state index is 5.77. The lowest BCUT2D eigenvalue weighted by Gasteiger charge is -2.27. The fourth-order valence-corrected chi connectivity index (χ4v) is 12.7. The molecule has 0 spiro atoms. The second kappa shape index (κ2) is 5.98. The normalized spacial score (nSPS) is 16.4. The van der Waals surface area contributed by atoms with Crippen molar-refractivity contribution in [1.29, 1.82) is 0 Å². The predicted octanol–water partition coefficient (Wildman–Crippen LogP) is 5.16. The quantitative estimate of drug-likeness (QED) is 0.499. The minimum Gasteiger partial charge on any atom is -0.110 e. The molecule has 0 aliphatic heterocycles. The van der Waals surface area contributed by atoms with Crippen LogP contribution in [-0.2, 0) is 11.8 Å². The molecular weight excluding hydrogens is 247 g/mol. The zero-order chi connectivity index (χ0) is 11.4. The van der Waals surface area contributed by atoms with Crippen LogP contribution in [0.5, 0.6) is 0 Å². The summed E-state index contributed by atoms with van der Waals surface area (Å²) in [4.78, 5) is 0. The SMILES string of the molecule is C=C(C)CSP(=S)(CC)SC(C)(C)C. The Balaban J connectivity index is 4.34. The first-order valence-corrected chi connectivity index (χ1v) is 10.8. The molecule has 0 N–H and O–H groups in total. The molecule has 0 saturated carbocycles. The van der Waals surface area contributed by atoms with Gasteiger partial charge in [-0.2, -0.15) is 0 Å². The number of hydrogen-bond acceptors (Lipinski definition) is 3. The van der Waals surface area contributed by atoms with Gasteiger partial charge in [-0.3, -0.25) is 0 Å². The van der Waals surface area contributed by atoms with Gasteiger partial charge in [-0.1, -0.05) is 51.7 Å². The smallest absolute Gasteiger partial charge is 0.0577 e. The van der Waals surface area contributed by atoms with E-state index in [2.05, 4.69) is 41.2 Å².